The van der Waals surface area contributed by atoms with Crippen LogP contribution in [0.4, 0.5) is 5.69 Å². The van der Waals surface area contributed by atoms with E-state index < -0.39 is 0 Å². The van der Waals surface area contributed by atoms with Crippen molar-refractivity contribution in [3.8, 4) is 6.07 Å². The standard InChI is InChI=1S/C12H15ClN2/c1-12(2,8-14)9-15(3)11-6-4-10(13)5-7-11/h4-7H,9H2,1-3H3. The molecule has 0 amide bonds. The Labute approximate surface area is 96.1 Å². The molecule has 3 heteroatoms. The van der Waals surface area contributed by atoms with E-state index in [1.807, 2.05) is 45.2 Å². The van der Waals surface area contributed by atoms with Crippen LogP contribution in [0, 0.1) is 16.7 Å². The topological polar surface area (TPSA) is 27.0 Å². The number of hydrogen-bond donors (Lipinski definition) is 0. The lowest BCUT2D eigenvalue weighted by atomic mass is 9.95. The Bertz CT molecular complexity index is 362. The maximum atomic E-state index is 8.94. The lowest BCUT2D eigenvalue weighted by Crippen LogP contribution is -2.30. The van der Waals surface area contributed by atoms with E-state index in [1.54, 1.807) is 0 Å². The number of rotatable bonds is 3. The predicted molar refractivity (Wildman–Crippen MR) is 64.1 cm³/mol. The first-order valence-corrected chi connectivity index (χ1v) is 5.20. The van der Waals surface area contributed by atoms with E-state index in [0.29, 0.717) is 6.54 Å². The lowest BCUT2D eigenvalue weighted by molar-refractivity contribution is 0.497. The highest BCUT2D eigenvalue weighted by atomic mass is 35.5. The minimum Gasteiger partial charge on any atom is -0.373 e. The average molecular weight is 223 g/mol. The van der Waals surface area contributed by atoms with Gasteiger partial charge in [0, 0.05) is 24.3 Å². The summed E-state index contributed by atoms with van der Waals surface area (Å²) in [7, 11) is 1.97. The normalized spacial score (nSPS) is 10.9. The van der Waals surface area contributed by atoms with Gasteiger partial charge in [0.25, 0.3) is 0 Å². The molecule has 0 heterocycles. The second kappa shape index (κ2) is 4.55. The first kappa shape index (κ1) is 11.9. The second-order valence-corrected chi connectivity index (χ2v) is 4.76. The SMILES string of the molecule is CN(CC(C)(C)C#N)c1ccc(Cl)cc1. The van der Waals surface area contributed by atoms with E-state index in [1.165, 1.54) is 0 Å². The summed E-state index contributed by atoms with van der Waals surface area (Å²) in [4.78, 5) is 2.06. The fourth-order valence-corrected chi connectivity index (χ4v) is 1.54. The van der Waals surface area contributed by atoms with E-state index in [2.05, 4.69) is 11.0 Å². The third-order valence-corrected chi connectivity index (χ3v) is 2.45. The van der Waals surface area contributed by atoms with Crippen molar-refractivity contribution >= 4 is 17.3 Å². The van der Waals surface area contributed by atoms with Gasteiger partial charge >= 0.3 is 0 Å². The van der Waals surface area contributed by atoms with Gasteiger partial charge in [-0.25, -0.2) is 0 Å². The highest BCUT2D eigenvalue weighted by Crippen LogP contribution is 2.21. The van der Waals surface area contributed by atoms with Gasteiger partial charge in [0.1, 0.15) is 0 Å². The molecule has 0 aromatic heterocycles. The first-order valence-electron chi connectivity index (χ1n) is 4.82. The average Bonchev–Trinajstić information content (AvgIpc) is 2.18. The van der Waals surface area contributed by atoms with E-state index in [4.69, 9.17) is 16.9 Å². The van der Waals surface area contributed by atoms with Crippen molar-refractivity contribution < 1.29 is 0 Å². The number of halogens is 1. The summed E-state index contributed by atoms with van der Waals surface area (Å²) in [6.07, 6.45) is 0. The van der Waals surface area contributed by atoms with Gasteiger partial charge in [-0.2, -0.15) is 5.26 Å². The van der Waals surface area contributed by atoms with Crippen molar-refractivity contribution in [2.75, 3.05) is 18.5 Å². The third-order valence-electron chi connectivity index (χ3n) is 2.20. The molecule has 0 aliphatic heterocycles. The summed E-state index contributed by atoms with van der Waals surface area (Å²) >= 11 is 5.81. The second-order valence-electron chi connectivity index (χ2n) is 4.33. The maximum absolute atomic E-state index is 8.94. The van der Waals surface area contributed by atoms with Gasteiger partial charge in [-0.15, -0.1) is 0 Å². The molecule has 0 aliphatic rings. The molecule has 0 unspecified atom stereocenters. The van der Waals surface area contributed by atoms with Crippen molar-refractivity contribution in [3.05, 3.63) is 29.3 Å². The summed E-state index contributed by atoms with van der Waals surface area (Å²) in [5.41, 5.74) is 0.733. The fraction of sp³-hybridized carbons (Fsp3) is 0.417. The molecule has 1 rings (SSSR count). The van der Waals surface area contributed by atoms with Crippen molar-refractivity contribution in [3.63, 3.8) is 0 Å². The number of nitrogens with zero attached hydrogens (tertiary/aromatic N) is 2. The minimum absolute atomic E-state index is 0.339. The Kier molecular flexibility index (Phi) is 3.60. The lowest BCUT2D eigenvalue weighted by Gasteiger charge is -2.26. The molecule has 1 aromatic carbocycles. The largest absolute Gasteiger partial charge is 0.373 e. The van der Waals surface area contributed by atoms with Crippen LogP contribution in [-0.4, -0.2) is 13.6 Å². The highest BCUT2D eigenvalue weighted by Gasteiger charge is 2.19. The Morgan fingerprint density at radius 3 is 2.33 bits per heavy atom. The Hall–Kier alpha value is -1.20. The van der Waals surface area contributed by atoms with Gasteiger partial charge in [0.2, 0.25) is 0 Å². The number of nitriles is 1. The van der Waals surface area contributed by atoms with E-state index in [9.17, 15) is 0 Å². The van der Waals surface area contributed by atoms with Gasteiger partial charge in [-0.3, -0.25) is 0 Å². The summed E-state index contributed by atoms with van der Waals surface area (Å²) in [5.74, 6) is 0. The fourth-order valence-electron chi connectivity index (χ4n) is 1.42. The van der Waals surface area contributed by atoms with E-state index in [0.717, 1.165) is 10.7 Å². The van der Waals surface area contributed by atoms with Gasteiger partial charge in [0.05, 0.1) is 11.5 Å². The molecule has 0 saturated heterocycles. The number of hydrogen-bond acceptors (Lipinski definition) is 2. The molecular weight excluding hydrogens is 208 g/mol. The van der Waals surface area contributed by atoms with Crippen molar-refractivity contribution in [1.82, 2.24) is 0 Å². The summed E-state index contributed by atoms with van der Waals surface area (Å²) in [6.45, 7) is 4.56. The molecule has 0 bridgehead atoms. The molecule has 15 heavy (non-hydrogen) atoms. The molecule has 0 spiro atoms. The van der Waals surface area contributed by atoms with Crippen LogP contribution in [-0.2, 0) is 0 Å². The van der Waals surface area contributed by atoms with Crippen LogP contribution < -0.4 is 4.90 Å². The van der Waals surface area contributed by atoms with Crippen LogP contribution in [0.25, 0.3) is 0 Å². The van der Waals surface area contributed by atoms with Crippen molar-refractivity contribution in [2.45, 2.75) is 13.8 Å². The molecule has 80 valence electrons. The molecule has 1 aromatic rings. The number of benzene rings is 1. The van der Waals surface area contributed by atoms with Crippen LogP contribution in [0.3, 0.4) is 0 Å². The maximum Gasteiger partial charge on any atom is 0.0702 e. The Balaban J connectivity index is 2.74. The smallest absolute Gasteiger partial charge is 0.0702 e. The summed E-state index contributed by atoms with van der Waals surface area (Å²) in [6, 6.07) is 9.90. The molecule has 0 atom stereocenters. The van der Waals surface area contributed by atoms with Gasteiger partial charge in [-0.1, -0.05) is 11.6 Å². The molecule has 0 saturated carbocycles. The molecular formula is C12H15ClN2. The predicted octanol–water partition coefficient (Wildman–Crippen LogP) is 3.33. The first-order chi connectivity index (χ1) is 6.94. The molecule has 0 aliphatic carbocycles. The third kappa shape index (κ3) is 3.45. The van der Waals surface area contributed by atoms with Crippen LogP contribution in [0.5, 0.6) is 0 Å². The zero-order valence-corrected chi connectivity index (χ0v) is 10.0. The summed E-state index contributed by atoms with van der Waals surface area (Å²) < 4.78 is 0. The zero-order chi connectivity index (χ0) is 11.5. The minimum atomic E-state index is -0.339. The van der Waals surface area contributed by atoms with Gasteiger partial charge < -0.3 is 4.90 Å². The number of anilines is 1. The molecule has 2 nitrogen and oxygen atoms in total. The van der Waals surface area contributed by atoms with Crippen molar-refractivity contribution in [2.24, 2.45) is 5.41 Å². The van der Waals surface area contributed by atoms with Crippen LogP contribution >= 0.6 is 11.6 Å². The molecule has 0 fully saturated rings. The Morgan fingerprint density at radius 2 is 1.87 bits per heavy atom. The molecule has 0 N–H and O–H groups in total. The van der Waals surface area contributed by atoms with Crippen molar-refractivity contribution in [1.29, 1.82) is 5.26 Å². The van der Waals surface area contributed by atoms with E-state index in [-0.39, 0.29) is 5.41 Å². The van der Waals surface area contributed by atoms with Crippen LogP contribution in [0.2, 0.25) is 5.02 Å². The van der Waals surface area contributed by atoms with Gasteiger partial charge in [-0.05, 0) is 38.1 Å². The van der Waals surface area contributed by atoms with Crippen LogP contribution in [0.15, 0.2) is 24.3 Å². The quantitative estimate of drug-likeness (QED) is 0.785. The summed E-state index contributed by atoms with van der Waals surface area (Å²) in [5, 5.41) is 9.66. The monoisotopic (exact) mass is 222 g/mol. The van der Waals surface area contributed by atoms with E-state index >= 15 is 0 Å². The highest BCUT2D eigenvalue weighted by molar-refractivity contribution is 6.30. The van der Waals surface area contributed by atoms with Gasteiger partial charge in [0.15, 0.2) is 0 Å². The zero-order valence-electron chi connectivity index (χ0n) is 9.29. The molecule has 0 radical (unpaired) electrons. The Morgan fingerprint density at radius 1 is 1.33 bits per heavy atom. The van der Waals surface area contributed by atoms with Crippen LogP contribution in [0.1, 0.15) is 13.8 Å².